The highest BCUT2D eigenvalue weighted by atomic mass is 32.2. The Bertz CT molecular complexity index is 498. The van der Waals surface area contributed by atoms with Crippen molar-refractivity contribution in [2.45, 2.75) is 24.0 Å². The van der Waals surface area contributed by atoms with Gasteiger partial charge in [-0.2, -0.15) is 0 Å². The molecule has 1 saturated heterocycles. The molecule has 21 heavy (non-hydrogen) atoms. The van der Waals surface area contributed by atoms with Crippen molar-refractivity contribution in [2.75, 3.05) is 38.0 Å². The Balaban J connectivity index is 2.36. The van der Waals surface area contributed by atoms with E-state index < -0.39 is 0 Å². The number of nitrogens with one attached hydrogen (secondary N) is 1. The summed E-state index contributed by atoms with van der Waals surface area (Å²) in [6, 6.07) is 6.05. The zero-order valence-corrected chi connectivity index (χ0v) is 13.6. The van der Waals surface area contributed by atoms with Crippen molar-refractivity contribution in [3.63, 3.8) is 0 Å². The third-order valence-corrected chi connectivity index (χ3v) is 4.67. The first-order valence-corrected chi connectivity index (χ1v) is 8.01. The molecule has 2 rings (SSSR count). The zero-order valence-electron chi connectivity index (χ0n) is 12.8. The first-order chi connectivity index (χ1) is 10.1. The van der Waals surface area contributed by atoms with Crippen LogP contribution in [0.25, 0.3) is 0 Å². The molecule has 0 radical (unpaired) electrons. The molecule has 5 nitrogen and oxygen atoms in total. The van der Waals surface area contributed by atoms with Crippen LogP contribution in [0.1, 0.15) is 12.5 Å². The van der Waals surface area contributed by atoms with Crippen LogP contribution in [-0.4, -0.2) is 51.1 Å². The average molecular weight is 309 g/mol. The molecular weight excluding hydrogens is 286 g/mol. The van der Waals surface area contributed by atoms with Crippen LogP contribution in [0.5, 0.6) is 0 Å². The Morgan fingerprint density at radius 2 is 1.95 bits per heavy atom. The van der Waals surface area contributed by atoms with Crippen LogP contribution in [0.15, 0.2) is 23.1 Å². The van der Waals surface area contributed by atoms with Crippen LogP contribution in [-0.2, 0) is 9.47 Å². The Kier molecular flexibility index (Phi) is 5.50. The van der Waals surface area contributed by atoms with E-state index in [1.165, 1.54) is 0 Å². The number of anilines is 1. The molecule has 3 N–H and O–H groups in total. The van der Waals surface area contributed by atoms with E-state index in [-0.39, 0.29) is 18.0 Å². The van der Waals surface area contributed by atoms with Gasteiger partial charge in [-0.05, 0) is 17.9 Å². The molecule has 2 unspecified atom stereocenters. The second kappa shape index (κ2) is 7.15. The van der Waals surface area contributed by atoms with Crippen molar-refractivity contribution in [2.24, 2.45) is 5.73 Å². The van der Waals surface area contributed by atoms with Crippen molar-refractivity contribution in [1.29, 1.82) is 5.41 Å². The summed E-state index contributed by atoms with van der Waals surface area (Å²) in [5.74, 6) is 1.06. The first kappa shape index (κ1) is 16.1. The predicted octanol–water partition coefficient (Wildman–Crippen LogP) is 1.93. The van der Waals surface area contributed by atoms with Gasteiger partial charge in [0.1, 0.15) is 18.0 Å². The maximum Gasteiger partial charge on any atom is 0.126 e. The fourth-order valence-corrected chi connectivity index (χ4v) is 3.57. The largest absolute Gasteiger partial charge is 0.384 e. The minimum Gasteiger partial charge on any atom is -0.384 e. The van der Waals surface area contributed by atoms with Crippen molar-refractivity contribution in [3.05, 3.63) is 23.8 Å². The van der Waals surface area contributed by atoms with E-state index in [0.29, 0.717) is 0 Å². The molecule has 0 aromatic heterocycles. The Labute approximate surface area is 130 Å². The summed E-state index contributed by atoms with van der Waals surface area (Å²) in [4.78, 5) is 3.25. The molecule has 1 aliphatic heterocycles. The summed E-state index contributed by atoms with van der Waals surface area (Å²) in [6.07, 6.45) is 0.0783. The highest BCUT2D eigenvalue weighted by Gasteiger charge is 2.34. The van der Waals surface area contributed by atoms with E-state index in [9.17, 15) is 0 Å². The molecule has 1 heterocycles. The molecule has 0 spiro atoms. The van der Waals surface area contributed by atoms with Gasteiger partial charge in [0.25, 0.3) is 0 Å². The van der Waals surface area contributed by atoms with Crippen molar-refractivity contribution >= 4 is 23.3 Å². The molecule has 0 amide bonds. The van der Waals surface area contributed by atoms with Crippen molar-refractivity contribution in [1.82, 2.24) is 0 Å². The second-order valence-electron chi connectivity index (χ2n) is 4.95. The van der Waals surface area contributed by atoms with E-state index >= 15 is 0 Å². The van der Waals surface area contributed by atoms with Crippen LogP contribution in [0, 0.1) is 5.41 Å². The van der Waals surface area contributed by atoms with Crippen LogP contribution < -0.4 is 10.6 Å². The zero-order chi connectivity index (χ0) is 15.4. The third kappa shape index (κ3) is 3.33. The molecule has 0 saturated carbocycles. The van der Waals surface area contributed by atoms with Gasteiger partial charge in [-0.15, -0.1) is 11.8 Å². The molecule has 116 valence electrons. The maximum atomic E-state index is 7.92. The van der Waals surface area contributed by atoms with Gasteiger partial charge < -0.3 is 20.1 Å². The van der Waals surface area contributed by atoms with Crippen LogP contribution in [0.2, 0.25) is 0 Å². The van der Waals surface area contributed by atoms with Crippen LogP contribution >= 0.6 is 11.8 Å². The summed E-state index contributed by atoms with van der Waals surface area (Å²) in [5.41, 5.74) is 7.63. The van der Waals surface area contributed by atoms with Gasteiger partial charge in [-0.1, -0.05) is 13.0 Å². The van der Waals surface area contributed by atoms with E-state index in [2.05, 4.69) is 11.8 Å². The number of thioether (sulfide) groups is 1. The number of nitrogens with two attached hydrogens (primary N) is 1. The number of benzene rings is 1. The molecule has 1 aliphatic rings. The standard InChI is InChI=1S/C15H23N3O2S/c1-4-21-13-7-5-6-10(14(13)15(16)17)18-8-11(19-2)12(9-18)20-3/h5-7,11-12H,4,8-9H2,1-3H3,(H3,16,17). The lowest BCUT2D eigenvalue weighted by Crippen LogP contribution is -2.27. The summed E-state index contributed by atoms with van der Waals surface area (Å²) >= 11 is 1.71. The summed E-state index contributed by atoms with van der Waals surface area (Å²) in [5, 5.41) is 7.92. The Morgan fingerprint density at radius 3 is 2.43 bits per heavy atom. The van der Waals surface area contributed by atoms with Gasteiger partial charge in [-0.3, -0.25) is 5.41 Å². The Morgan fingerprint density at radius 1 is 1.33 bits per heavy atom. The van der Waals surface area contributed by atoms with Crippen molar-refractivity contribution in [3.8, 4) is 0 Å². The Hall–Kier alpha value is -1.24. The number of ether oxygens (including phenoxy) is 2. The molecule has 2 atom stereocenters. The fraction of sp³-hybridized carbons (Fsp3) is 0.533. The third-order valence-electron chi connectivity index (χ3n) is 3.73. The first-order valence-electron chi connectivity index (χ1n) is 7.03. The molecule has 1 aromatic carbocycles. The molecule has 1 fully saturated rings. The van der Waals surface area contributed by atoms with Crippen LogP contribution in [0.3, 0.4) is 0 Å². The van der Waals surface area contributed by atoms with Gasteiger partial charge in [0.05, 0.1) is 5.56 Å². The van der Waals surface area contributed by atoms with E-state index in [1.807, 2.05) is 18.2 Å². The number of nitrogens with zero attached hydrogens (tertiary/aromatic N) is 1. The molecule has 1 aromatic rings. The lowest BCUT2D eigenvalue weighted by Gasteiger charge is -2.23. The van der Waals surface area contributed by atoms with Crippen molar-refractivity contribution < 1.29 is 9.47 Å². The minimum atomic E-state index is 0.0392. The predicted molar refractivity (Wildman–Crippen MR) is 87.7 cm³/mol. The fourth-order valence-electron chi connectivity index (χ4n) is 2.72. The lowest BCUT2D eigenvalue weighted by molar-refractivity contribution is -0.00461. The van der Waals surface area contributed by atoms with Gasteiger partial charge in [0.2, 0.25) is 0 Å². The summed E-state index contributed by atoms with van der Waals surface area (Å²) in [6.45, 7) is 3.59. The van der Waals surface area contributed by atoms with E-state index in [1.54, 1.807) is 26.0 Å². The lowest BCUT2D eigenvalue weighted by atomic mass is 10.1. The number of rotatable bonds is 6. The molecular formula is C15H23N3O2S. The topological polar surface area (TPSA) is 71.6 Å². The smallest absolute Gasteiger partial charge is 0.126 e. The van der Waals surface area contributed by atoms with Gasteiger partial charge in [-0.25, -0.2) is 0 Å². The minimum absolute atomic E-state index is 0.0392. The summed E-state index contributed by atoms with van der Waals surface area (Å²) in [7, 11) is 3.41. The normalized spacial score (nSPS) is 21.8. The molecule has 6 heteroatoms. The number of amidine groups is 1. The van der Waals surface area contributed by atoms with Gasteiger partial charge >= 0.3 is 0 Å². The van der Waals surface area contributed by atoms with Gasteiger partial charge in [0, 0.05) is 37.9 Å². The monoisotopic (exact) mass is 309 g/mol. The number of nitrogen functional groups attached to an aromatic ring is 1. The number of hydrogen-bond acceptors (Lipinski definition) is 5. The van der Waals surface area contributed by atoms with Crippen LogP contribution in [0.4, 0.5) is 5.69 Å². The SMILES string of the molecule is CCSc1cccc(N2CC(OC)C(OC)C2)c1C(=N)N. The average Bonchev–Trinajstić information content (AvgIpc) is 2.90. The van der Waals surface area contributed by atoms with E-state index in [4.69, 9.17) is 20.6 Å². The highest BCUT2D eigenvalue weighted by Crippen LogP contribution is 2.33. The number of methoxy groups -OCH3 is 2. The second-order valence-corrected chi connectivity index (χ2v) is 6.26. The summed E-state index contributed by atoms with van der Waals surface area (Å²) < 4.78 is 11.0. The highest BCUT2D eigenvalue weighted by molar-refractivity contribution is 7.99. The quantitative estimate of drug-likeness (QED) is 0.477. The molecule has 0 aliphatic carbocycles. The molecule has 0 bridgehead atoms. The van der Waals surface area contributed by atoms with Gasteiger partial charge in [0.15, 0.2) is 0 Å². The van der Waals surface area contributed by atoms with E-state index in [0.717, 1.165) is 35.0 Å². The number of hydrogen-bond donors (Lipinski definition) is 2. The maximum absolute atomic E-state index is 7.92.